The van der Waals surface area contributed by atoms with Crippen molar-refractivity contribution in [2.24, 2.45) is 0 Å². The molecule has 0 fully saturated rings. The fraction of sp³-hybridized carbons (Fsp3) is 0.100. The molecule has 0 amide bonds. The Labute approximate surface area is 85.9 Å². The smallest absolute Gasteiger partial charge is 0.149 e. The molecule has 0 saturated carbocycles. The Hall–Kier alpha value is -1.72. The molecule has 5 heteroatoms. The van der Waals surface area contributed by atoms with E-state index in [-0.39, 0.29) is 12.4 Å². The number of benzene rings is 1. The van der Waals surface area contributed by atoms with Gasteiger partial charge in [0.05, 0.1) is 0 Å². The number of hydroxylamine groups is 1. The average molecular weight is 207 g/mol. The van der Waals surface area contributed by atoms with E-state index in [2.05, 4.69) is 5.10 Å². The number of nitrogens with one attached hydrogen (secondary N) is 1. The third-order valence-electron chi connectivity index (χ3n) is 2.05. The number of rotatable bonds is 3. The molecule has 0 unspecified atom stereocenters. The van der Waals surface area contributed by atoms with Crippen LogP contribution in [0.3, 0.4) is 0 Å². The minimum absolute atomic E-state index is 0.219. The van der Waals surface area contributed by atoms with E-state index >= 15 is 0 Å². The van der Waals surface area contributed by atoms with E-state index in [1.165, 1.54) is 10.7 Å². The molecule has 1 aromatic carbocycles. The monoisotopic (exact) mass is 207 g/mol. The van der Waals surface area contributed by atoms with Crippen molar-refractivity contribution in [3.05, 3.63) is 48.0 Å². The van der Waals surface area contributed by atoms with Gasteiger partial charge in [-0.15, -0.1) is 0 Å². The molecule has 78 valence electrons. The quantitative estimate of drug-likeness (QED) is 0.750. The minimum atomic E-state index is -0.369. The molecule has 1 aromatic heterocycles. The van der Waals surface area contributed by atoms with E-state index < -0.39 is 0 Å². The summed E-state index contributed by atoms with van der Waals surface area (Å²) in [6.07, 6.45) is 3.25. The molecule has 0 radical (unpaired) electrons. The first-order valence-electron chi connectivity index (χ1n) is 4.46. The molecule has 0 atom stereocenters. The summed E-state index contributed by atoms with van der Waals surface area (Å²) in [7, 11) is 0. The SMILES string of the molecule is ONCc1ccc(-n2cccn2)c(F)c1. The zero-order chi connectivity index (χ0) is 10.7. The van der Waals surface area contributed by atoms with E-state index in [1.807, 2.05) is 5.48 Å². The second-order valence-electron chi connectivity index (χ2n) is 3.07. The van der Waals surface area contributed by atoms with Crippen LogP contribution in [-0.4, -0.2) is 15.0 Å². The summed E-state index contributed by atoms with van der Waals surface area (Å²) in [5, 5.41) is 12.4. The lowest BCUT2D eigenvalue weighted by molar-refractivity contribution is 0.161. The highest BCUT2D eigenvalue weighted by molar-refractivity contribution is 5.35. The maximum atomic E-state index is 13.6. The van der Waals surface area contributed by atoms with Gasteiger partial charge < -0.3 is 5.21 Å². The van der Waals surface area contributed by atoms with E-state index in [4.69, 9.17) is 5.21 Å². The predicted octanol–water partition coefficient (Wildman–Crippen LogP) is 1.49. The van der Waals surface area contributed by atoms with Crippen LogP contribution < -0.4 is 5.48 Å². The first kappa shape index (κ1) is 9.82. The van der Waals surface area contributed by atoms with Crippen LogP contribution in [0.4, 0.5) is 4.39 Å². The molecule has 0 aliphatic heterocycles. The summed E-state index contributed by atoms with van der Waals surface area (Å²) in [6, 6.07) is 6.43. The second kappa shape index (κ2) is 4.20. The van der Waals surface area contributed by atoms with Gasteiger partial charge in [0.25, 0.3) is 0 Å². The van der Waals surface area contributed by atoms with Crippen LogP contribution in [0, 0.1) is 5.82 Å². The molecule has 2 aromatic rings. The largest absolute Gasteiger partial charge is 0.316 e. The van der Waals surface area contributed by atoms with Crippen molar-refractivity contribution in [2.45, 2.75) is 6.54 Å². The zero-order valence-electron chi connectivity index (χ0n) is 7.89. The minimum Gasteiger partial charge on any atom is -0.316 e. The van der Waals surface area contributed by atoms with Gasteiger partial charge in [0.1, 0.15) is 11.5 Å². The summed E-state index contributed by atoms with van der Waals surface area (Å²) < 4.78 is 15.0. The third kappa shape index (κ3) is 2.03. The van der Waals surface area contributed by atoms with Crippen molar-refractivity contribution in [3.8, 4) is 5.69 Å². The molecule has 0 spiro atoms. The molecule has 2 N–H and O–H groups in total. The summed E-state index contributed by atoms with van der Waals surface area (Å²) in [5.41, 5.74) is 3.04. The second-order valence-corrected chi connectivity index (χ2v) is 3.07. The lowest BCUT2D eigenvalue weighted by Crippen LogP contribution is -2.07. The third-order valence-corrected chi connectivity index (χ3v) is 2.05. The van der Waals surface area contributed by atoms with Gasteiger partial charge in [-0.05, 0) is 23.8 Å². The van der Waals surface area contributed by atoms with E-state index in [9.17, 15) is 4.39 Å². The Kier molecular flexibility index (Phi) is 2.75. The Morgan fingerprint density at radius 2 is 2.33 bits per heavy atom. The van der Waals surface area contributed by atoms with Gasteiger partial charge in [0, 0.05) is 18.9 Å². The summed E-state index contributed by atoms with van der Waals surface area (Å²) in [4.78, 5) is 0. The fourth-order valence-electron chi connectivity index (χ4n) is 1.35. The van der Waals surface area contributed by atoms with Gasteiger partial charge in [-0.1, -0.05) is 6.07 Å². The molecule has 15 heavy (non-hydrogen) atoms. The number of aromatic nitrogens is 2. The standard InChI is InChI=1S/C10H10FN3O/c11-9-6-8(7-13-15)2-3-10(9)14-5-1-4-12-14/h1-6,13,15H,7H2. The topological polar surface area (TPSA) is 50.1 Å². The molecule has 0 aliphatic rings. The Bertz CT molecular complexity index is 442. The number of hydrogen-bond acceptors (Lipinski definition) is 3. The van der Waals surface area contributed by atoms with E-state index in [0.717, 1.165) is 0 Å². The van der Waals surface area contributed by atoms with Crippen molar-refractivity contribution in [1.82, 2.24) is 15.3 Å². The summed E-state index contributed by atoms with van der Waals surface area (Å²) >= 11 is 0. The molecular weight excluding hydrogens is 197 g/mol. The van der Waals surface area contributed by atoms with Crippen molar-refractivity contribution in [2.75, 3.05) is 0 Å². The summed E-state index contributed by atoms with van der Waals surface area (Å²) in [5.74, 6) is -0.369. The summed E-state index contributed by atoms with van der Waals surface area (Å²) in [6.45, 7) is 0.219. The molecular formula is C10H10FN3O. The normalized spacial score (nSPS) is 10.5. The highest BCUT2D eigenvalue weighted by Gasteiger charge is 2.05. The average Bonchev–Trinajstić information content (AvgIpc) is 2.71. The maximum Gasteiger partial charge on any atom is 0.149 e. The van der Waals surface area contributed by atoms with Crippen LogP contribution in [0.2, 0.25) is 0 Å². The fourth-order valence-corrected chi connectivity index (χ4v) is 1.35. The van der Waals surface area contributed by atoms with Gasteiger partial charge >= 0.3 is 0 Å². The highest BCUT2D eigenvalue weighted by atomic mass is 19.1. The molecule has 4 nitrogen and oxygen atoms in total. The number of halogens is 1. The van der Waals surface area contributed by atoms with Crippen molar-refractivity contribution < 1.29 is 9.60 Å². The van der Waals surface area contributed by atoms with E-state index in [1.54, 1.807) is 30.6 Å². The number of nitrogens with zero attached hydrogens (tertiary/aromatic N) is 2. The van der Waals surface area contributed by atoms with Crippen molar-refractivity contribution >= 4 is 0 Å². The van der Waals surface area contributed by atoms with Crippen LogP contribution in [0.5, 0.6) is 0 Å². The van der Waals surface area contributed by atoms with Gasteiger partial charge in [0.15, 0.2) is 0 Å². The predicted molar refractivity (Wildman–Crippen MR) is 52.1 cm³/mol. The van der Waals surface area contributed by atoms with Gasteiger partial charge in [0.2, 0.25) is 0 Å². The Morgan fingerprint density at radius 3 is 2.93 bits per heavy atom. The molecule has 0 saturated heterocycles. The van der Waals surface area contributed by atoms with E-state index in [0.29, 0.717) is 11.3 Å². The van der Waals surface area contributed by atoms with Crippen LogP contribution in [0.25, 0.3) is 5.69 Å². The maximum absolute atomic E-state index is 13.6. The molecule has 0 aliphatic carbocycles. The Morgan fingerprint density at radius 1 is 1.47 bits per heavy atom. The van der Waals surface area contributed by atoms with Crippen molar-refractivity contribution in [3.63, 3.8) is 0 Å². The lowest BCUT2D eigenvalue weighted by atomic mass is 10.2. The van der Waals surface area contributed by atoms with Gasteiger partial charge in [-0.2, -0.15) is 5.10 Å². The number of hydrogen-bond donors (Lipinski definition) is 2. The van der Waals surface area contributed by atoms with Gasteiger partial charge in [-0.3, -0.25) is 0 Å². The first-order valence-corrected chi connectivity index (χ1v) is 4.46. The van der Waals surface area contributed by atoms with Crippen LogP contribution in [0.1, 0.15) is 5.56 Å². The highest BCUT2D eigenvalue weighted by Crippen LogP contribution is 2.14. The van der Waals surface area contributed by atoms with Crippen LogP contribution >= 0.6 is 0 Å². The molecule has 0 bridgehead atoms. The van der Waals surface area contributed by atoms with Gasteiger partial charge in [-0.25, -0.2) is 14.6 Å². The zero-order valence-corrected chi connectivity index (χ0v) is 7.89. The van der Waals surface area contributed by atoms with Crippen molar-refractivity contribution in [1.29, 1.82) is 0 Å². The van der Waals surface area contributed by atoms with Crippen LogP contribution in [0.15, 0.2) is 36.7 Å². The molecule has 1 heterocycles. The lowest BCUT2D eigenvalue weighted by Gasteiger charge is -2.05. The Balaban J connectivity index is 2.35. The molecule has 2 rings (SSSR count). The first-order chi connectivity index (χ1) is 7.31. The van der Waals surface area contributed by atoms with Crippen LogP contribution in [-0.2, 0) is 6.54 Å².